The zero-order valence-electron chi connectivity index (χ0n) is 14.0. The summed E-state index contributed by atoms with van der Waals surface area (Å²) in [4.78, 5) is 23.9. The SMILES string of the molecule is COC(=O)[C@@H](NC(=O)c1cc(C(F)(F)F)cc(C(F)(F)F)c1)[C@@H](C)CC#N. The maximum atomic E-state index is 12.9. The summed E-state index contributed by atoms with van der Waals surface area (Å²) in [6, 6.07) is 0.686. The third kappa shape index (κ3) is 5.87. The van der Waals surface area contributed by atoms with Crippen molar-refractivity contribution < 1.29 is 40.7 Å². The van der Waals surface area contributed by atoms with Crippen LogP contribution in [0.5, 0.6) is 0 Å². The molecule has 1 aromatic rings. The summed E-state index contributed by atoms with van der Waals surface area (Å²) in [7, 11) is 0.979. The van der Waals surface area contributed by atoms with E-state index in [0.717, 1.165) is 7.11 Å². The standard InChI is InChI=1S/C16H14F6N2O3/c1-8(3-4-23)12(14(26)27-2)24-13(25)9-5-10(15(17,18)19)7-11(6-9)16(20,21)22/h5-8,12H,3H2,1-2H3,(H,24,25)/t8-,12-/m0/s1. The van der Waals surface area contributed by atoms with E-state index in [1.165, 1.54) is 6.92 Å². The second-order valence-electron chi connectivity index (χ2n) is 5.61. The number of amides is 1. The molecule has 1 N–H and O–H groups in total. The van der Waals surface area contributed by atoms with Crippen molar-refractivity contribution in [2.24, 2.45) is 5.92 Å². The molecule has 1 rings (SSSR count). The van der Waals surface area contributed by atoms with E-state index in [1.54, 1.807) is 6.07 Å². The zero-order valence-corrected chi connectivity index (χ0v) is 14.0. The molecule has 0 spiro atoms. The summed E-state index contributed by atoms with van der Waals surface area (Å²) in [5, 5.41) is 10.7. The lowest BCUT2D eigenvalue weighted by Gasteiger charge is -2.21. The minimum absolute atomic E-state index is 0.118. The van der Waals surface area contributed by atoms with Gasteiger partial charge in [-0.05, 0) is 18.2 Å². The summed E-state index contributed by atoms with van der Waals surface area (Å²) in [6.45, 7) is 1.39. The van der Waals surface area contributed by atoms with Crippen LogP contribution in [0.15, 0.2) is 18.2 Å². The van der Waals surface area contributed by atoms with Gasteiger partial charge < -0.3 is 10.1 Å². The summed E-state index contributed by atoms with van der Waals surface area (Å²) in [6.07, 6.45) is -10.4. The van der Waals surface area contributed by atoms with Crippen LogP contribution in [0.2, 0.25) is 0 Å². The van der Waals surface area contributed by atoms with Gasteiger partial charge in [-0.15, -0.1) is 0 Å². The van der Waals surface area contributed by atoms with Gasteiger partial charge in [0.1, 0.15) is 6.04 Å². The molecule has 1 aromatic carbocycles. The number of carbonyl (C=O) groups excluding carboxylic acids is 2. The molecule has 5 nitrogen and oxygen atoms in total. The van der Waals surface area contributed by atoms with E-state index in [-0.39, 0.29) is 24.6 Å². The highest BCUT2D eigenvalue weighted by Gasteiger charge is 2.38. The predicted octanol–water partition coefficient (Wildman–Crippen LogP) is 3.55. The quantitative estimate of drug-likeness (QED) is 0.610. The van der Waals surface area contributed by atoms with E-state index in [2.05, 4.69) is 4.74 Å². The maximum Gasteiger partial charge on any atom is 0.416 e. The van der Waals surface area contributed by atoms with Gasteiger partial charge in [-0.3, -0.25) is 4.79 Å². The largest absolute Gasteiger partial charge is 0.467 e. The molecule has 0 saturated heterocycles. The van der Waals surface area contributed by atoms with Crippen molar-refractivity contribution >= 4 is 11.9 Å². The van der Waals surface area contributed by atoms with Crippen LogP contribution in [0, 0.1) is 17.2 Å². The Morgan fingerprint density at radius 2 is 1.59 bits per heavy atom. The van der Waals surface area contributed by atoms with Crippen molar-refractivity contribution in [3.63, 3.8) is 0 Å². The van der Waals surface area contributed by atoms with Crippen LogP contribution in [0.3, 0.4) is 0 Å². The number of methoxy groups -OCH3 is 1. The third-order valence-electron chi connectivity index (χ3n) is 3.57. The van der Waals surface area contributed by atoms with Crippen molar-refractivity contribution in [1.29, 1.82) is 5.26 Å². The Hall–Kier alpha value is -2.77. The molecule has 0 radical (unpaired) electrons. The molecule has 0 saturated carbocycles. The molecule has 1 amide bonds. The van der Waals surface area contributed by atoms with Gasteiger partial charge in [-0.1, -0.05) is 6.92 Å². The first-order chi connectivity index (χ1) is 12.3. The Balaban J connectivity index is 3.32. The van der Waals surface area contributed by atoms with E-state index in [4.69, 9.17) is 5.26 Å². The zero-order chi connectivity index (χ0) is 21.0. The Morgan fingerprint density at radius 3 is 1.96 bits per heavy atom. The lowest BCUT2D eigenvalue weighted by Crippen LogP contribution is -2.45. The number of nitriles is 1. The smallest absolute Gasteiger partial charge is 0.416 e. The van der Waals surface area contributed by atoms with Crippen molar-refractivity contribution in [3.05, 3.63) is 34.9 Å². The number of ether oxygens (including phenoxy) is 1. The molecule has 0 unspecified atom stereocenters. The van der Waals surface area contributed by atoms with Gasteiger partial charge >= 0.3 is 18.3 Å². The van der Waals surface area contributed by atoms with E-state index in [0.29, 0.717) is 0 Å². The monoisotopic (exact) mass is 396 g/mol. The van der Waals surface area contributed by atoms with Crippen molar-refractivity contribution in [3.8, 4) is 6.07 Å². The first-order valence-electron chi connectivity index (χ1n) is 7.36. The fourth-order valence-corrected chi connectivity index (χ4v) is 2.13. The average molecular weight is 396 g/mol. The Bertz CT molecular complexity index is 720. The van der Waals surface area contributed by atoms with Crippen molar-refractivity contribution in [2.45, 2.75) is 31.7 Å². The number of hydrogen-bond acceptors (Lipinski definition) is 4. The molecule has 0 bridgehead atoms. The number of esters is 1. The minimum Gasteiger partial charge on any atom is -0.467 e. The molecule has 2 atom stereocenters. The van der Waals surface area contributed by atoms with Gasteiger partial charge in [0, 0.05) is 17.9 Å². The molecule has 148 valence electrons. The van der Waals surface area contributed by atoms with Gasteiger partial charge in [-0.25, -0.2) is 4.79 Å². The van der Waals surface area contributed by atoms with Crippen LogP contribution in [-0.2, 0) is 21.9 Å². The number of nitrogens with one attached hydrogen (secondary N) is 1. The minimum atomic E-state index is -5.12. The van der Waals surface area contributed by atoms with Gasteiger partial charge in [0.2, 0.25) is 0 Å². The van der Waals surface area contributed by atoms with Crippen LogP contribution in [0.25, 0.3) is 0 Å². The molecule has 11 heteroatoms. The first kappa shape index (κ1) is 22.3. The summed E-state index contributed by atoms with van der Waals surface area (Å²) in [5.41, 5.74) is -4.26. The van der Waals surface area contributed by atoms with Crippen LogP contribution >= 0.6 is 0 Å². The highest BCUT2D eigenvalue weighted by Crippen LogP contribution is 2.36. The number of rotatable bonds is 5. The number of hydrogen-bond donors (Lipinski definition) is 1. The van der Waals surface area contributed by atoms with E-state index < -0.39 is 52.9 Å². The molecular formula is C16H14F6N2O3. The first-order valence-corrected chi connectivity index (χ1v) is 7.36. The second kappa shape index (κ2) is 8.28. The molecule has 0 heterocycles. The molecule has 27 heavy (non-hydrogen) atoms. The topological polar surface area (TPSA) is 79.2 Å². The predicted molar refractivity (Wildman–Crippen MR) is 79.1 cm³/mol. The summed E-state index contributed by atoms with van der Waals surface area (Å²) < 4.78 is 81.6. The van der Waals surface area contributed by atoms with E-state index >= 15 is 0 Å². The summed E-state index contributed by atoms with van der Waals surface area (Å²) >= 11 is 0. The molecule has 0 fully saturated rings. The molecule has 0 aromatic heterocycles. The Kier molecular flexibility index (Phi) is 6.83. The lowest BCUT2D eigenvalue weighted by molar-refractivity contribution is -0.145. The van der Waals surface area contributed by atoms with Gasteiger partial charge in [0.25, 0.3) is 5.91 Å². The van der Waals surface area contributed by atoms with Gasteiger partial charge in [0.05, 0.1) is 24.3 Å². The Labute approximate surface area is 149 Å². The summed E-state index contributed by atoms with van der Waals surface area (Å²) in [5.74, 6) is -3.12. The van der Waals surface area contributed by atoms with Crippen LogP contribution in [0.1, 0.15) is 34.8 Å². The van der Waals surface area contributed by atoms with E-state index in [1.807, 2.05) is 5.32 Å². The Morgan fingerprint density at radius 1 is 1.11 bits per heavy atom. The second-order valence-corrected chi connectivity index (χ2v) is 5.61. The van der Waals surface area contributed by atoms with Gasteiger partial charge in [0.15, 0.2) is 0 Å². The highest BCUT2D eigenvalue weighted by atomic mass is 19.4. The van der Waals surface area contributed by atoms with Gasteiger partial charge in [-0.2, -0.15) is 31.6 Å². The molecule has 0 aliphatic heterocycles. The molecule has 0 aliphatic carbocycles. The number of carbonyl (C=O) groups is 2. The normalized spacial score (nSPS) is 14.0. The van der Waals surface area contributed by atoms with Crippen LogP contribution < -0.4 is 5.32 Å². The van der Waals surface area contributed by atoms with Crippen LogP contribution in [-0.4, -0.2) is 25.0 Å². The maximum absolute atomic E-state index is 12.9. The number of alkyl halides is 6. The molecule has 0 aliphatic rings. The highest BCUT2D eigenvalue weighted by molar-refractivity contribution is 5.97. The van der Waals surface area contributed by atoms with Crippen molar-refractivity contribution in [2.75, 3.05) is 7.11 Å². The number of nitrogens with zero attached hydrogens (tertiary/aromatic N) is 1. The average Bonchev–Trinajstić information content (AvgIpc) is 2.56. The number of halogens is 6. The van der Waals surface area contributed by atoms with Crippen LogP contribution in [0.4, 0.5) is 26.3 Å². The van der Waals surface area contributed by atoms with Crippen molar-refractivity contribution in [1.82, 2.24) is 5.32 Å². The number of benzene rings is 1. The molecular weight excluding hydrogens is 382 g/mol. The third-order valence-corrected chi connectivity index (χ3v) is 3.57. The lowest BCUT2D eigenvalue weighted by atomic mass is 9.98. The fourth-order valence-electron chi connectivity index (χ4n) is 2.13. The fraction of sp³-hybridized carbons (Fsp3) is 0.438. The van der Waals surface area contributed by atoms with E-state index in [9.17, 15) is 35.9 Å².